The molecule has 0 saturated heterocycles. The second-order valence-electron chi connectivity index (χ2n) is 6.70. The minimum atomic E-state index is -0.139. The largest absolute Gasteiger partial charge is 0.497 e. The van der Waals surface area contributed by atoms with Crippen molar-refractivity contribution in [3.05, 3.63) is 59.8 Å². The van der Waals surface area contributed by atoms with Crippen LogP contribution >= 0.6 is 0 Å². The highest BCUT2D eigenvalue weighted by molar-refractivity contribution is 5.95. The van der Waals surface area contributed by atoms with Crippen molar-refractivity contribution in [2.75, 3.05) is 19.0 Å². The van der Waals surface area contributed by atoms with E-state index in [2.05, 4.69) is 22.0 Å². The van der Waals surface area contributed by atoms with E-state index in [1.54, 1.807) is 36.3 Å². The van der Waals surface area contributed by atoms with Gasteiger partial charge in [-0.25, -0.2) is 4.79 Å². The van der Waals surface area contributed by atoms with Crippen LogP contribution in [0.3, 0.4) is 0 Å². The van der Waals surface area contributed by atoms with Crippen LogP contribution in [0.4, 0.5) is 10.5 Å². The fourth-order valence-electron chi connectivity index (χ4n) is 3.49. The monoisotopic (exact) mass is 363 g/mol. The maximum absolute atomic E-state index is 12.6. The molecule has 0 saturated carbocycles. The first-order valence-corrected chi connectivity index (χ1v) is 8.88. The van der Waals surface area contributed by atoms with Crippen molar-refractivity contribution in [3.8, 4) is 5.75 Å². The molecule has 0 fully saturated rings. The zero-order valence-corrected chi connectivity index (χ0v) is 15.4. The maximum Gasteiger partial charge on any atom is 0.322 e. The molecule has 0 bridgehead atoms. The number of benzene rings is 2. The predicted octanol–water partition coefficient (Wildman–Crippen LogP) is 3.90. The number of Topliss-reactive ketones (excluding diaryl/α,β-unsaturated/α-hetero) is 1. The number of nitrogens with one attached hydrogen (secondary N) is 1. The number of methoxy groups -OCH3 is 1. The summed E-state index contributed by atoms with van der Waals surface area (Å²) >= 11 is 0. The van der Waals surface area contributed by atoms with Gasteiger partial charge in [-0.2, -0.15) is 0 Å². The van der Waals surface area contributed by atoms with Gasteiger partial charge in [0.2, 0.25) is 0 Å². The zero-order chi connectivity index (χ0) is 19.0. The lowest BCUT2D eigenvalue weighted by molar-refractivity contribution is 0.101. The number of fused-ring (bicyclic) bond motifs is 3. The molecule has 0 spiro atoms. The van der Waals surface area contributed by atoms with Crippen LogP contribution in [0.1, 0.15) is 23.0 Å². The average molecular weight is 363 g/mol. The highest BCUT2D eigenvalue weighted by Crippen LogP contribution is 2.27. The van der Waals surface area contributed by atoms with E-state index in [4.69, 9.17) is 4.74 Å². The van der Waals surface area contributed by atoms with Crippen molar-refractivity contribution in [1.82, 2.24) is 9.47 Å². The number of carbonyl (C=O) groups excluding carboxylic acids is 2. The Labute approximate surface area is 157 Å². The lowest BCUT2D eigenvalue weighted by atomic mass is 10.1. The molecule has 0 atom stereocenters. The summed E-state index contributed by atoms with van der Waals surface area (Å²) < 4.78 is 7.55. The maximum atomic E-state index is 12.6. The van der Waals surface area contributed by atoms with Crippen LogP contribution in [0.25, 0.3) is 10.9 Å². The van der Waals surface area contributed by atoms with Crippen molar-refractivity contribution in [3.63, 3.8) is 0 Å². The summed E-state index contributed by atoms with van der Waals surface area (Å²) in [5.74, 6) is 0.836. The summed E-state index contributed by atoms with van der Waals surface area (Å²) in [5.41, 5.74) is 3.57. The summed E-state index contributed by atoms with van der Waals surface area (Å²) in [7, 11) is 1.66. The van der Waals surface area contributed by atoms with Gasteiger partial charge in [-0.3, -0.25) is 4.79 Å². The first kappa shape index (κ1) is 17.1. The molecular formula is C21H21N3O3. The van der Waals surface area contributed by atoms with Gasteiger partial charge >= 0.3 is 6.03 Å². The van der Waals surface area contributed by atoms with E-state index in [-0.39, 0.29) is 11.8 Å². The van der Waals surface area contributed by atoms with Gasteiger partial charge in [0, 0.05) is 40.9 Å². The zero-order valence-electron chi connectivity index (χ0n) is 15.4. The Balaban J connectivity index is 1.50. The number of hydrogen-bond acceptors (Lipinski definition) is 3. The summed E-state index contributed by atoms with van der Waals surface area (Å²) in [5, 5.41) is 4.02. The van der Waals surface area contributed by atoms with Gasteiger partial charge in [-0.15, -0.1) is 0 Å². The summed E-state index contributed by atoms with van der Waals surface area (Å²) in [6.07, 6.45) is 0. The van der Waals surface area contributed by atoms with Crippen LogP contribution < -0.4 is 10.1 Å². The molecule has 2 heterocycles. The van der Waals surface area contributed by atoms with Crippen LogP contribution in [0.5, 0.6) is 5.75 Å². The first-order chi connectivity index (χ1) is 13.0. The number of urea groups is 1. The van der Waals surface area contributed by atoms with E-state index in [0.29, 0.717) is 24.3 Å². The summed E-state index contributed by atoms with van der Waals surface area (Å²) in [6, 6.07) is 15.0. The molecule has 2 amide bonds. The Morgan fingerprint density at radius 2 is 1.81 bits per heavy atom. The van der Waals surface area contributed by atoms with Crippen LogP contribution in [0.2, 0.25) is 0 Å². The molecule has 1 aliphatic heterocycles. The number of ether oxygens (including phenoxy) is 1. The molecule has 0 aliphatic carbocycles. The molecule has 0 unspecified atom stereocenters. The molecule has 27 heavy (non-hydrogen) atoms. The molecule has 6 nitrogen and oxygen atoms in total. The van der Waals surface area contributed by atoms with E-state index >= 15 is 0 Å². The Morgan fingerprint density at radius 3 is 2.52 bits per heavy atom. The molecule has 1 N–H and O–H groups in total. The second-order valence-corrected chi connectivity index (χ2v) is 6.70. The third-order valence-electron chi connectivity index (χ3n) is 4.97. The van der Waals surface area contributed by atoms with E-state index in [9.17, 15) is 9.59 Å². The minimum absolute atomic E-state index is 0.00775. The SMILES string of the molecule is COc1ccc2c(c1)cc1n2CCN(C(=O)Nc2ccc(C(C)=O)cc2)C1. The van der Waals surface area contributed by atoms with E-state index in [0.717, 1.165) is 28.9 Å². The Hall–Kier alpha value is -3.28. The summed E-state index contributed by atoms with van der Waals surface area (Å²) in [4.78, 5) is 25.8. The van der Waals surface area contributed by atoms with Crippen molar-refractivity contribution in [1.29, 1.82) is 0 Å². The van der Waals surface area contributed by atoms with Crippen molar-refractivity contribution in [2.24, 2.45) is 0 Å². The van der Waals surface area contributed by atoms with Gasteiger partial charge < -0.3 is 19.5 Å². The Morgan fingerprint density at radius 1 is 1.04 bits per heavy atom. The van der Waals surface area contributed by atoms with E-state index in [1.165, 1.54) is 6.92 Å². The van der Waals surface area contributed by atoms with E-state index < -0.39 is 0 Å². The van der Waals surface area contributed by atoms with Gasteiger partial charge in [0.15, 0.2) is 5.78 Å². The lowest BCUT2D eigenvalue weighted by Crippen LogP contribution is -2.40. The smallest absolute Gasteiger partial charge is 0.322 e. The number of hydrogen-bond donors (Lipinski definition) is 1. The van der Waals surface area contributed by atoms with Crippen LogP contribution in [0, 0.1) is 0 Å². The molecular weight excluding hydrogens is 342 g/mol. The van der Waals surface area contributed by atoms with Crippen molar-refractivity contribution in [2.45, 2.75) is 20.0 Å². The fraction of sp³-hybridized carbons (Fsp3) is 0.238. The molecule has 0 radical (unpaired) electrons. The average Bonchev–Trinajstić information content (AvgIpc) is 3.05. The summed E-state index contributed by atoms with van der Waals surface area (Å²) in [6.45, 7) is 3.46. The predicted molar refractivity (Wildman–Crippen MR) is 104 cm³/mol. The van der Waals surface area contributed by atoms with Gasteiger partial charge in [-0.1, -0.05) is 0 Å². The Bertz CT molecular complexity index is 1020. The molecule has 1 aliphatic rings. The molecule has 2 aromatic carbocycles. The van der Waals surface area contributed by atoms with Gasteiger partial charge in [-0.05, 0) is 55.5 Å². The highest BCUT2D eigenvalue weighted by atomic mass is 16.5. The number of rotatable bonds is 3. The van der Waals surface area contributed by atoms with Crippen LogP contribution in [0.15, 0.2) is 48.5 Å². The minimum Gasteiger partial charge on any atom is -0.497 e. The quantitative estimate of drug-likeness (QED) is 0.718. The van der Waals surface area contributed by atoms with Gasteiger partial charge in [0.1, 0.15) is 5.75 Å². The third kappa shape index (κ3) is 3.26. The van der Waals surface area contributed by atoms with Gasteiger partial charge in [0.05, 0.1) is 13.7 Å². The fourth-order valence-corrected chi connectivity index (χ4v) is 3.49. The molecule has 138 valence electrons. The number of aromatic nitrogens is 1. The van der Waals surface area contributed by atoms with Crippen LogP contribution in [-0.2, 0) is 13.1 Å². The van der Waals surface area contributed by atoms with Crippen LogP contribution in [-0.4, -0.2) is 34.9 Å². The third-order valence-corrected chi connectivity index (χ3v) is 4.97. The number of nitrogens with zero attached hydrogens (tertiary/aromatic N) is 2. The lowest BCUT2D eigenvalue weighted by Gasteiger charge is -2.29. The molecule has 1 aromatic heterocycles. The normalized spacial score (nSPS) is 13.3. The Kier molecular flexibility index (Phi) is 4.32. The number of ketones is 1. The molecule has 4 rings (SSSR count). The standard InChI is InChI=1S/C21H21N3O3/c1-14(25)15-3-5-17(6-4-15)22-21(26)23-9-10-24-18(13-23)11-16-12-19(27-2)7-8-20(16)24/h3-8,11-12H,9-10,13H2,1-2H3,(H,22,26). The molecule has 3 aromatic rings. The number of amides is 2. The van der Waals surface area contributed by atoms with Gasteiger partial charge in [0.25, 0.3) is 0 Å². The van der Waals surface area contributed by atoms with Crippen molar-refractivity contribution >= 4 is 28.4 Å². The molecule has 6 heteroatoms. The first-order valence-electron chi connectivity index (χ1n) is 8.88. The van der Waals surface area contributed by atoms with E-state index in [1.807, 2.05) is 12.1 Å². The number of anilines is 1. The topological polar surface area (TPSA) is 63.6 Å². The highest BCUT2D eigenvalue weighted by Gasteiger charge is 2.22. The number of carbonyl (C=O) groups is 2. The second kappa shape index (κ2) is 6.79. The van der Waals surface area contributed by atoms with Crippen molar-refractivity contribution < 1.29 is 14.3 Å².